The van der Waals surface area contributed by atoms with Crippen LogP contribution in [0.25, 0.3) is 0 Å². The van der Waals surface area contributed by atoms with Gasteiger partial charge in [-0.05, 0) is 44.4 Å². The van der Waals surface area contributed by atoms with E-state index in [-0.39, 0.29) is 23.3 Å². The van der Waals surface area contributed by atoms with Gasteiger partial charge in [-0.3, -0.25) is 9.10 Å². The first-order valence-corrected chi connectivity index (χ1v) is 12.7. The van der Waals surface area contributed by atoms with Crippen molar-refractivity contribution in [3.63, 3.8) is 0 Å². The smallest absolute Gasteiger partial charge is 0.264 e. The van der Waals surface area contributed by atoms with E-state index in [0.29, 0.717) is 30.2 Å². The number of rotatable bonds is 9. The Bertz CT molecular complexity index is 1000. The van der Waals surface area contributed by atoms with Gasteiger partial charge in [-0.2, -0.15) is 0 Å². The molecule has 0 spiro atoms. The van der Waals surface area contributed by atoms with E-state index in [2.05, 4.69) is 4.98 Å². The summed E-state index contributed by atoms with van der Waals surface area (Å²) in [6, 6.07) is 10.2. The van der Waals surface area contributed by atoms with Gasteiger partial charge in [-0.25, -0.2) is 13.4 Å². The largest absolute Gasteiger partial charge is 0.481 e. The van der Waals surface area contributed by atoms with E-state index in [4.69, 9.17) is 4.74 Å². The van der Waals surface area contributed by atoms with Crippen LogP contribution in [0.5, 0.6) is 5.88 Å². The molecule has 0 aliphatic heterocycles. The molecule has 32 heavy (non-hydrogen) atoms. The van der Waals surface area contributed by atoms with E-state index in [0.717, 1.165) is 25.7 Å². The predicted octanol–water partition coefficient (Wildman–Crippen LogP) is 4.02. The molecule has 1 aromatic heterocycles. The molecule has 0 unspecified atom stereocenters. The molecule has 0 N–H and O–H groups in total. The highest BCUT2D eigenvalue weighted by Crippen LogP contribution is 2.28. The van der Waals surface area contributed by atoms with Gasteiger partial charge < -0.3 is 9.64 Å². The number of aryl methyl sites for hydroxylation is 1. The Morgan fingerprint density at radius 1 is 1.09 bits per heavy atom. The van der Waals surface area contributed by atoms with Crippen molar-refractivity contribution in [2.75, 3.05) is 31.0 Å². The van der Waals surface area contributed by atoms with Crippen molar-refractivity contribution < 1.29 is 17.9 Å². The van der Waals surface area contributed by atoms with Crippen molar-refractivity contribution in [2.45, 2.75) is 50.8 Å². The van der Waals surface area contributed by atoms with Crippen LogP contribution in [0.4, 0.5) is 5.69 Å². The first-order chi connectivity index (χ1) is 15.4. The highest BCUT2D eigenvalue weighted by atomic mass is 32.2. The third-order valence-electron chi connectivity index (χ3n) is 6.10. The highest BCUT2D eigenvalue weighted by Gasteiger charge is 2.29. The Labute approximate surface area is 191 Å². The summed E-state index contributed by atoms with van der Waals surface area (Å²) in [6.45, 7) is 4.74. The van der Waals surface area contributed by atoms with Crippen LogP contribution in [0.2, 0.25) is 0 Å². The number of carbonyl (C=O) groups is 1. The first-order valence-electron chi connectivity index (χ1n) is 11.3. The van der Waals surface area contributed by atoms with E-state index >= 15 is 0 Å². The molecular formula is C24H33N3O4S. The SMILES string of the molecule is CCN(CCN(c1ccc(OC)nc1)S(=O)(=O)c1ccccc1C)C(=O)C1CCCCC1. The van der Waals surface area contributed by atoms with Crippen molar-refractivity contribution in [3.8, 4) is 5.88 Å². The van der Waals surface area contributed by atoms with Gasteiger partial charge in [-0.1, -0.05) is 37.5 Å². The van der Waals surface area contributed by atoms with E-state index in [1.165, 1.54) is 24.0 Å². The van der Waals surface area contributed by atoms with Crippen LogP contribution in [0.15, 0.2) is 47.5 Å². The minimum atomic E-state index is -3.84. The zero-order chi connectivity index (χ0) is 23.1. The first kappa shape index (κ1) is 24.0. The van der Waals surface area contributed by atoms with Crippen molar-refractivity contribution in [2.24, 2.45) is 5.92 Å². The Balaban J connectivity index is 1.88. The fraction of sp³-hybridized carbons (Fsp3) is 0.500. The number of benzene rings is 1. The maximum Gasteiger partial charge on any atom is 0.264 e. The molecule has 1 fully saturated rings. The number of sulfonamides is 1. The van der Waals surface area contributed by atoms with Gasteiger partial charge in [0.1, 0.15) is 0 Å². The third kappa shape index (κ3) is 5.41. The summed E-state index contributed by atoms with van der Waals surface area (Å²) in [4.78, 5) is 19.3. The zero-order valence-corrected chi connectivity index (χ0v) is 20.0. The fourth-order valence-corrected chi connectivity index (χ4v) is 5.91. The molecule has 0 saturated heterocycles. The molecule has 1 saturated carbocycles. The summed E-state index contributed by atoms with van der Waals surface area (Å²) >= 11 is 0. The maximum atomic E-state index is 13.6. The lowest BCUT2D eigenvalue weighted by atomic mass is 9.88. The molecular weight excluding hydrogens is 426 g/mol. The van der Waals surface area contributed by atoms with Crippen LogP contribution in [0.1, 0.15) is 44.6 Å². The maximum absolute atomic E-state index is 13.6. The number of hydrogen-bond donors (Lipinski definition) is 0. The van der Waals surface area contributed by atoms with Crippen LogP contribution in [-0.2, 0) is 14.8 Å². The quantitative estimate of drug-likeness (QED) is 0.566. The number of carbonyl (C=O) groups excluding carboxylic acids is 1. The van der Waals surface area contributed by atoms with Gasteiger partial charge in [0.05, 0.1) is 30.4 Å². The number of ether oxygens (including phenoxy) is 1. The van der Waals surface area contributed by atoms with Gasteiger partial charge in [-0.15, -0.1) is 0 Å². The van der Waals surface area contributed by atoms with E-state index in [1.54, 1.807) is 42.2 Å². The molecule has 8 heteroatoms. The summed E-state index contributed by atoms with van der Waals surface area (Å²) in [5.74, 6) is 0.589. The topological polar surface area (TPSA) is 79.8 Å². The summed E-state index contributed by atoms with van der Waals surface area (Å²) in [7, 11) is -2.33. The van der Waals surface area contributed by atoms with Crippen LogP contribution >= 0.6 is 0 Å². The van der Waals surface area contributed by atoms with E-state index in [9.17, 15) is 13.2 Å². The average molecular weight is 460 g/mol. The van der Waals surface area contributed by atoms with Gasteiger partial charge in [0.25, 0.3) is 10.0 Å². The Morgan fingerprint density at radius 2 is 1.81 bits per heavy atom. The minimum absolute atomic E-state index is 0.0489. The molecule has 1 heterocycles. The number of hydrogen-bond acceptors (Lipinski definition) is 5. The second-order valence-electron chi connectivity index (χ2n) is 8.15. The van der Waals surface area contributed by atoms with Crippen molar-refractivity contribution in [3.05, 3.63) is 48.2 Å². The molecule has 1 aromatic carbocycles. The monoisotopic (exact) mass is 459 g/mol. The molecule has 2 aromatic rings. The highest BCUT2D eigenvalue weighted by molar-refractivity contribution is 7.92. The van der Waals surface area contributed by atoms with Crippen molar-refractivity contribution in [1.29, 1.82) is 0 Å². The van der Waals surface area contributed by atoms with E-state index in [1.807, 2.05) is 13.0 Å². The molecule has 3 rings (SSSR count). The number of nitrogens with zero attached hydrogens (tertiary/aromatic N) is 3. The molecule has 174 valence electrons. The molecule has 1 aliphatic carbocycles. The van der Waals surface area contributed by atoms with Crippen LogP contribution in [0, 0.1) is 12.8 Å². The van der Waals surface area contributed by atoms with Crippen LogP contribution < -0.4 is 9.04 Å². The molecule has 0 bridgehead atoms. The molecule has 1 amide bonds. The molecule has 7 nitrogen and oxygen atoms in total. The summed E-state index contributed by atoms with van der Waals surface area (Å²) in [5, 5.41) is 0. The number of anilines is 1. The number of likely N-dealkylation sites (N-methyl/N-ethyl adjacent to an activating group) is 1. The van der Waals surface area contributed by atoms with Gasteiger partial charge in [0, 0.05) is 25.1 Å². The molecule has 0 atom stereocenters. The second kappa shape index (κ2) is 10.8. The second-order valence-corrected chi connectivity index (χ2v) is 9.99. The lowest BCUT2D eigenvalue weighted by molar-refractivity contribution is -0.136. The van der Waals surface area contributed by atoms with Gasteiger partial charge in [0.15, 0.2) is 0 Å². The summed E-state index contributed by atoms with van der Waals surface area (Å²) in [6.07, 6.45) is 6.68. The van der Waals surface area contributed by atoms with Crippen molar-refractivity contribution in [1.82, 2.24) is 9.88 Å². The van der Waals surface area contributed by atoms with Crippen LogP contribution in [-0.4, -0.2) is 51.0 Å². The average Bonchev–Trinajstić information content (AvgIpc) is 2.82. The van der Waals surface area contributed by atoms with Gasteiger partial charge >= 0.3 is 0 Å². The number of pyridine rings is 1. The van der Waals surface area contributed by atoms with Crippen LogP contribution in [0.3, 0.4) is 0 Å². The minimum Gasteiger partial charge on any atom is -0.481 e. The zero-order valence-electron chi connectivity index (χ0n) is 19.2. The lowest BCUT2D eigenvalue weighted by Crippen LogP contribution is -2.43. The normalized spacial score (nSPS) is 14.7. The number of aromatic nitrogens is 1. The molecule has 0 radical (unpaired) electrons. The van der Waals surface area contributed by atoms with Gasteiger partial charge in [0.2, 0.25) is 11.8 Å². The number of methoxy groups -OCH3 is 1. The molecule has 1 aliphatic rings. The fourth-order valence-electron chi connectivity index (χ4n) is 4.24. The lowest BCUT2D eigenvalue weighted by Gasteiger charge is -2.31. The number of amides is 1. The third-order valence-corrected chi connectivity index (χ3v) is 8.09. The predicted molar refractivity (Wildman–Crippen MR) is 125 cm³/mol. The van der Waals surface area contributed by atoms with E-state index < -0.39 is 10.0 Å². The van der Waals surface area contributed by atoms with Crippen molar-refractivity contribution >= 4 is 21.6 Å². The Hall–Kier alpha value is -2.61. The standard InChI is InChI=1S/C24H33N3O4S/c1-4-26(24(28)20-11-6-5-7-12-20)16-17-27(21-14-15-23(31-3)25-18-21)32(29,30)22-13-9-8-10-19(22)2/h8-10,13-15,18,20H,4-7,11-12,16-17H2,1-3H3. The summed E-state index contributed by atoms with van der Waals surface area (Å²) < 4.78 is 33.8. The summed E-state index contributed by atoms with van der Waals surface area (Å²) in [5.41, 5.74) is 1.11. The Kier molecular flexibility index (Phi) is 8.12. The Morgan fingerprint density at radius 3 is 2.41 bits per heavy atom.